The van der Waals surface area contributed by atoms with Crippen molar-refractivity contribution < 1.29 is 9.53 Å². The number of fused-ring (bicyclic) bond motifs is 3. The summed E-state index contributed by atoms with van der Waals surface area (Å²) in [7, 11) is 0. The van der Waals surface area contributed by atoms with Crippen molar-refractivity contribution in [3.8, 4) is 5.75 Å². The largest absolute Gasteiger partial charge is 0.489 e. The summed E-state index contributed by atoms with van der Waals surface area (Å²) in [6.45, 7) is 2.47. The Morgan fingerprint density at radius 2 is 1.63 bits per heavy atom. The van der Waals surface area contributed by atoms with E-state index in [1.54, 1.807) is 0 Å². The van der Waals surface area contributed by atoms with Crippen LogP contribution in [0.4, 0.5) is 0 Å². The third-order valence-corrected chi connectivity index (χ3v) is 5.45. The number of hydrogen-bond donors (Lipinski definition) is 1. The molecule has 3 heteroatoms. The molecule has 0 spiro atoms. The highest BCUT2D eigenvalue weighted by atomic mass is 16.5. The number of H-pyrrole nitrogens is 1. The number of rotatable bonds is 5. The summed E-state index contributed by atoms with van der Waals surface area (Å²) in [5, 5.41) is 3.38. The molecule has 1 aromatic heterocycles. The normalized spacial score (nSPS) is 11.1. The number of aromatic amines is 1. The minimum Gasteiger partial charge on any atom is -0.489 e. The van der Waals surface area contributed by atoms with Gasteiger partial charge in [-0.3, -0.25) is 4.79 Å². The Hall–Kier alpha value is -3.85. The van der Waals surface area contributed by atoms with Gasteiger partial charge >= 0.3 is 0 Å². The lowest BCUT2D eigenvalue weighted by atomic mass is 10.0. The van der Waals surface area contributed by atoms with Gasteiger partial charge in [-0.05, 0) is 59.2 Å². The zero-order valence-corrected chi connectivity index (χ0v) is 16.7. The molecule has 0 atom stereocenters. The lowest BCUT2D eigenvalue weighted by Crippen LogP contribution is -2.03. The molecule has 0 saturated heterocycles. The molecule has 5 rings (SSSR count). The third kappa shape index (κ3) is 3.35. The fourth-order valence-electron chi connectivity index (χ4n) is 3.85. The zero-order chi connectivity index (χ0) is 20.5. The first kappa shape index (κ1) is 18.2. The second kappa shape index (κ2) is 7.53. The lowest BCUT2D eigenvalue weighted by Gasteiger charge is -2.10. The quantitative estimate of drug-likeness (QED) is 0.350. The van der Waals surface area contributed by atoms with Gasteiger partial charge in [0, 0.05) is 16.5 Å². The number of aromatic nitrogens is 1. The van der Waals surface area contributed by atoms with E-state index in [4.69, 9.17) is 4.74 Å². The Balaban J connectivity index is 1.42. The van der Waals surface area contributed by atoms with Crippen molar-refractivity contribution in [1.82, 2.24) is 4.98 Å². The second-order valence-electron chi connectivity index (χ2n) is 7.51. The van der Waals surface area contributed by atoms with Crippen LogP contribution in [0.1, 0.15) is 27.2 Å². The number of carbonyl (C=O) groups excluding carboxylic acids is 1. The number of benzene rings is 4. The van der Waals surface area contributed by atoms with Crippen molar-refractivity contribution in [2.45, 2.75) is 13.5 Å². The number of nitrogens with one attached hydrogen (secondary N) is 1. The van der Waals surface area contributed by atoms with Crippen molar-refractivity contribution >= 4 is 27.5 Å². The summed E-state index contributed by atoms with van der Waals surface area (Å²) in [5.41, 5.74) is 4.27. The van der Waals surface area contributed by atoms with E-state index in [1.165, 1.54) is 5.39 Å². The van der Waals surface area contributed by atoms with Gasteiger partial charge in [-0.2, -0.15) is 0 Å². The molecule has 30 heavy (non-hydrogen) atoms. The maximum Gasteiger partial charge on any atom is 0.209 e. The molecule has 1 N–H and O–H groups in total. The van der Waals surface area contributed by atoms with Gasteiger partial charge in [0.2, 0.25) is 5.78 Å². The van der Waals surface area contributed by atoms with Gasteiger partial charge < -0.3 is 9.72 Å². The van der Waals surface area contributed by atoms with Crippen LogP contribution in [0, 0.1) is 6.92 Å². The second-order valence-corrected chi connectivity index (χ2v) is 7.51. The Labute approximate surface area is 174 Å². The van der Waals surface area contributed by atoms with E-state index < -0.39 is 0 Å². The van der Waals surface area contributed by atoms with Gasteiger partial charge in [-0.25, -0.2) is 0 Å². The summed E-state index contributed by atoms with van der Waals surface area (Å²) < 4.78 is 5.94. The number of hydrogen-bond acceptors (Lipinski definition) is 2. The first-order chi connectivity index (χ1) is 14.7. The van der Waals surface area contributed by atoms with E-state index in [0.717, 1.165) is 33.2 Å². The predicted octanol–water partition coefficient (Wildman–Crippen LogP) is 6.44. The van der Waals surface area contributed by atoms with Gasteiger partial charge in [0.05, 0.1) is 5.69 Å². The molecule has 3 nitrogen and oxygen atoms in total. The molecule has 0 radical (unpaired) electrons. The van der Waals surface area contributed by atoms with Crippen LogP contribution in [-0.2, 0) is 6.61 Å². The van der Waals surface area contributed by atoms with Crippen LogP contribution >= 0.6 is 0 Å². The van der Waals surface area contributed by atoms with Crippen molar-refractivity contribution in [1.29, 1.82) is 0 Å². The molecule has 5 aromatic rings. The molecule has 4 aromatic carbocycles. The third-order valence-electron chi connectivity index (χ3n) is 5.45. The van der Waals surface area contributed by atoms with E-state index in [0.29, 0.717) is 17.9 Å². The van der Waals surface area contributed by atoms with Crippen LogP contribution in [0.2, 0.25) is 0 Å². The lowest BCUT2D eigenvalue weighted by molar-refractivity contribution is 0.103. The average molecular weight is 391 g/mol. The van der Waals surface area contributed by atoms with Crippen molar-refractivity contribution in [2.75, 3.05) is 0 Å². The Bertz CT molecular complexity index is 1370. The van der Waals surface area contributed by atoms with Crippen LogP contribution in [-0.4, -0.2) is 10.8 Å². The van der Waals surface area contributed by atoms with Gasteiger partial charge in [0.15, 0.2) is 0 Å². The molecule has 0 bridgehead atoms. The molecule has 0 aliphatic rings. The van der Waals surface area contributed by atoms with E-state index in [9.17, 15) is 4.79 Å². The molecule has 0 saturated carbocycles. The fourth-order valence-corrected chi connectivity index (χ4v) is 3.85. The van der Waals surface area contributed by atoms with Gasteiger partial charge in [0.25, 0.3) is 0 Å². The number of ether oxygens (including phenoxy) is 1. The minimum absolute atomic E-state index is 0.0204. The summed E-state index contributed by atoms with van der Waals surface area (Å²) in [6, 6.07) is 29.9. The monoisotopic (exact) mass is 391 g/mol. The van der Waals surface area contributed by atoms with E-state index in [1.807, 2.05) is 79.7 Å². The summed E-state index contributed by atoms with van der Waals surface area (Å²) in [5.74, 6) is 0.769. The minimum atomic E-state index is -0.0204. The average Bonchev–Trinajstić information content (AvgIpc) is 3.23. The van der Waals surface area contributed by atoms with Gasteiger partial charge in [0.1, 0.15) is 12.4 Å². The molecule has 1 heterocycles. The van der Waals surface area contributed by atoms with Crippen molar-refractivity contribution in [2.24, 2.45) is 0 Å². The van der Waals surface area contributed by atoms with Crippen LogP contribution in [0.3, 0.4) is 0 Å². The fraction of sp³-hybridized carbons (Fsp3) is 0.0741. The van der Waals surface area contributed by atoms with E-state index >= 15 is 0 Å². The topological polar surface area (TPSA) is 42.1 Å². The summed E-state index contributed by atoms with van der Waals surface area (Å²) >= 11 is 0. The number of carbonyl (C=O) groups is 1. The van der Waals surface area contributed by atoms with Crippen LogP contribution in [0.25, 0.3) is 21.7 Å². The van der Waals surface area contributed by atoms with Crippen molar-refractivity contribution in [3.63, 3.8) is 0 Å². The summed E-state index contributed by atoms with van der Waals surface area (Å²) in [4.78, 5) is 16.4. The van der Waals surface area contributed by atoms with Crippen LogP contribution in [0.5, 0.6) is 5.75 Å². The van der Waals surface area contributed by atoms with Crippen LogP contribution in [0.15, 0.2) is 91.0 Å². The maximum absolute atomic E-state index is 13.1. The molecule has 0 unspecified atom stereocenters. The molecule has 146 valence electrons. The zero-order valence-electron chi connectivity index (χ0n) is 16.7. The Morgan fingerprint density at radius 1 is 0.833 bits per heavy atom. The van der Waals surface area contributed by atoms with Crippen molar-refractivity contribution in [3.05, 3.63) is 113 Å². The highest BCUT2D eigenvalue weighted by Crippen LogP contribution is 2.28. The molecule has 0 aliphatic carbocycles. The standard InChI is InChI=1S/C27H21NO2/c1-18-15-21(12-14-26(18)30-17-19-7-3-2-4-8-19)27(29)25-16-23-22-10-6-5-9-20(22)11-13-24(23)28-25/h2-16,28H,17H2,1H3. The predicted molar refractivity (Wildman–Crippen MR) is 121 cm³/mol. The van der Waals surface area contributed by atoms with Gasteiger partial charge in [-0.1, -0.05) is 60.7 Å². The molecule has 0 aliphatic heterocycles. The molecule has 0 fully saturated rings. The Kier molecular flexibility index (Phi) is 4.56. The highest BCUT2D eigenvalue weighted by molar-refractivity contribution is 6.14. The maximum atomic E-state index is 13.1. The Morgan fingerprint density at radius 3 is 2.47 bits per heavy atom. The first-order valence-corrected chi connectivity index (χ1v) is 10.0. The highest BCUT2D eigenvalue weighted by Gasteiger charge is 2.15. The van der Waals surface area contributed by atoms with Gasteiger partial charge in [-0.15, -0.1) is 0 Å². The number of ketones is 1. The SMILES string of the molecule is Cc1cc(C(=O)c2cc3c(ccc4ccccc43)[nH]2)ccc1OCc1ccccc1. The van der Waals surface area contributed by atoms with Crippen LogP contribution < -0.4 is 4.74 Å². The van der Waals surface area contributed by atoms with E-state index in [2.05, 4.69) is 23.2 Å². The first-order valence-electron chi connectivity index (χ1n) is 10.0. The number of aryl methyl sites for hydroxylation is 1. The molecule has 0 amide bonds. The molecular weight excluding hydrogens is 370 g/mol. The smallest absolute Gasteiger partial charge is 0.209 e. The summed E-state index contributed by atoms with van der Waals surface area (Å²) in [6.07, 6.45) is 0. The molecular formula is C27H21NO2. The van der Waals surface area contributed by atoms with E-state index in [-0.39, 0.29) is 5.78 Å².